The number of hydrogen-bond acceptors (Lipinski definition) is 3. The maximum Gasteiger partial charge on any atom is 0.211 e. The lowest BCUT2D eigenvalue weighted by Crippen LogP contribution is -2.53. The molecule has 2 aliphatic rings. The lowest BCUT2D eigenvalue weighted by Gasteiger charge is -2.44. The SMILES string of the molecule is CCC1(NCC2CCCN(S(C)(=O)=O)C2)CCC1. The molecule has 1 saturated heterocycles. The molecule has 0 amide bonds. The summed E-state index contributed by atoms with van der Waals surface area (Å²) >= 11 is 0. The Morgan fingerprint density at radius 1 is 1.33 bits per heavy atom. The van der Waals surface area contributed by atoms with Crippen molar-refractivity contribution in [1.29, 1.82) is 0 Å². The van der Waals surface area contributed by atoms with E-state index in [9.17, 15) is 8.42 Å². The van der Waals surface area contributed by atoms with Crippen molar-refractivity contribution in [3.63, 3.8) is 0 Å². The van der Waals surface area contributed by atoms with Gasteiger partial charge < -0.3 is 5.32 Å². The molecule has 1 atom stereocenters. The number of piperidine rings is 1. The smallest absolute Gasteiger partial charge is 0.211 e. The molecular formula is C13H26N2O2S. The summed E-state index contributed by atoms with van der Waals surface area (Å²) in [5.74, 6) is 0.484. The van der Waals surface area contributed by atoms with E-state index < -0.39 is 10.0 Å². The van der Waals surface area contributed by atoms with Gasteiger partial charge in [-0.3, -0.25) is 0 Å². The highest BCUT2D eigenvalue weighted by molar-refractivity contribution is 7.88. The maximum atomic E-state index is 11.6. The molecule has 1 N–H and O–H groups in total. The summed E-state index contributed by atoms with van der Waals surface area (Å²) < 4.78 is 24.8. The Hall–Kier alpha value is -0.130. The van der Waals surface area contributed by atoms with E-state index >= 15 is 0 Å². The summed E-state index contributed by atoms with van der Waals surface area (Å²) in [5, 5.41) is 3.70. The molecule has 0 bridgehead atoms. The summed E-state index contributed by atoms with van der Waals surface area (Å²) in [4.78, 5) is 0. The third-order valence-corrected chi connectivity index (χ3v) is 5.97. The van der Waals surface area contributed by atoms with Crippen LogP contribution in [0.2, 0.25) is 0 Å². The van der Waals surface area contributed by atoms with Crippen LogP contribution in [0.3, 0.4) is 0 Å². The molecule has 0 radical (unpaired) electrons. The van der Waals surface area contributed by atoms with Gasteiger partial charge in [-0.15, -0.1) is 0 Å². The minimum Gasteiger partial charge on any atom is -0.311 e. The van der Waals surface area contributed by atoms with Gasteiger partial charge in [-0.2, -0.15) is 0 Å². The lowest BCUT2D eigenvalue weighted by atomic mass is 9.74. The quantitative estimate of drug-likeness (QED) is 0.828. The fourth-order valence-electron chi connectivity index (χ4n) is 3.11. The molecule has 1 unspecified atom stereocenters. The number of nitrogens with zero attached hydrogens (tertiary/aromatic N) is 1. The fraction of sp³-hybridized carbons (Fsp3) is 1.00. The highest BCUT2D eigenvalue weighted by atomic mass is 32.2. The molecule has 1 aliphatic carbocycles. The second-order valence-corrected chi connectivity index (χ2v) is 7.98. The molecule has 106 valence electrons. The van der Waals surface area contributed by atoms with Crippen LogP contribution in [-0.4, -0.2) is 44.2 Å². The maximum absolute atomic E-state index is 11.6. The van der Waals surface area contributed by atoms with Crippen LogP contribution < -0.4 is 5.32 Å². The van der Waals surface area contributed by atoms with E-state index in [0.29, 0.717) is 24.5 Å². The molecule has 4 nitrogen and oxygen atoms in total. The van der Waals surface area contributed by atoms with Crippen molar-refractivity contribution in [3.05, 3.63) is 0 Å². The molecule has 0 spiro atoms. The third-order valence-electron chi connectivity index (χ3n) is 4.70. The molecule has 1 aliphatic heterocycles. The first-order valence-electron chi connectivity index (χ1n) is 7.15. The lowest BCUT2D eigenvalue weighted by molar-refractivity contribution is 0.155. The Labute approximate surface area is 111 Å². The second-order valence-electron chi connectivity index (χ2n) is 6.00. The first kappa shape index (κ1) is 14.3. The summed E-state index contributed by atoms with van der Waals surface area (Å²) in [7, 11) is -3.00. The van der Waals surface area contributed by atoms with Crippen LogP contribution in [-0.2, 0) is 10.0 Å². The number of sulfonamides is 1. The van der Waals surface area contributed by atoms with Gasteiger partial charge in [0, 0.05) is 18.6 Å². The van der Waals surface area contributed by atoms with Gasteiger partial charge in [0.2, 0.25) is 10.0 Å². The zero-order valence-corrected chi connectivity index (χ0v) is 12.4. The molecule has 1 heterocycles. The van der Waals surface area contributed by atoms with Gasteiger partial charge >= 0.3 is 0 Å². The summed E-state index contributed by atoms with van der Waals surface area (Å²) in [5.41, 5.74) is 0.368. The summed E-state index contributed by atoms with van der Waals surface area (Å²) in [6.45, 7) is 4.62. The van der Waals surface area contributed by atoms with E-state index in [1.165, 1.54) is 31.9 Å². The normalized spacial score (nSPS) is 28.9. The molecule has 18 heavy (non-hydrogen) atoms. The molecule has 0 aromatic heterocycles. The predicted molar refractivity (Wildman–Crippen MR) is 74.0 cm³/mol. The van der Waals surface area contributed by atoms with Gasteiger partial charge in [0.25, 0.3) is 0 Å². The third kappa shape index (κ3) is 3.25. The summed E-state index contributed by atoms with van der Waals surface area (Å²) in [6.07, 6.45) is 8.56. The van der Waals surface area contributed by atoms with E-state index in [1.54, 1.807) is 4.31 Å². The van der Waals surface area contributed by atoms with Gasteiger partial charge in [0.1, 0.15) is 0 Å². The fourth-order valence-corrected chi connectivity index (χ4v) is 4.06. The Morgan fingerprint density at radius 3 is 2.56 bits per heavy atom. The topological polar surface area (TPSA) is 49.4 Å². The van der Waals surface area contributed by atoms with Crippen molar-refractivity contribution in [1.82, 2.24) is 9.62 Å². The van der Waals surface area contributed by atoms with Crippen LogP contribution in [0.4, 0.5) is 0 Å². The standard InChI is InChI=1S/C13H26N2O2S/c1-3-13(7-5-8-13)14-10-12-6-4-9-15(11-12)18(2,16)17/h12,14H,3-11H2,1-2H3. The van der Waals surface area contributed by atoms with Crippen LogP contribution in [0.15, 0.2) is 0 Å². The van der Waals surface area contributed by atoms with Crippen LogP contribution >= 0.6 is 0 Å². The average molecular weight is 274 g/mol. The molecule has 2 fully saturated rings. The molecule has 0 aromatic rings. The average Bonchev–Trinajstić information content (AvgIpc) is 2.27. The zero-order chi connectivity index (χ0) is 13.2. The summed E-state index contributed by atoms with van der Waals surface area (Å²) in [6, 6.07) is 0. The Bertz CT molecular complexity index is 371. The van der Waals surface area contributed by atoms with Gasteiger partial charge in [0.15, 0.2) is 0 Å². The number of hydrogen-bond donors (Lipinski definition) is 1. The molecule has 2 rings (SSSR count). The van der Waals surface area contributed by atoms with Crippen LogP contribution in [0.5, 0.6) is 0 Å². The Morgan fingerprint density at radius 2 is 2.06 bits per heavy atom. The number of rotatable bonds is 5. The van der Waals surface area contributed by atoms with E-state index in [4.69, 9.17) is 0 Å². The second kappa shape index (κ2) is 5.47. The highest BCUT2D eigenvalue weighted by Gasteiger charge is 2.35. The molecule has 1 saturated carbocycles. The first-order chi connectivity index (χ1) is 8.45. The predicted octanol–water partition coefficient (Wildman–Crippen LogP) is 1.58. The van der Waals surface area contributed by atoms with Crippen molar-refractivity contribution >= 4 is 10.0 Å². The van der Waals surface area contributed by atoms with Crippen molar-refractivity contribution in [3.8, 4) is 0 Å². The van der Waals surface area contributed by atoms with E-state index in [-0.39, 0.29) is 0 Å². The minimum absolute atomic E-state index is 0.368. The minimum atomic E-state index is -3.00. The zero-order valence-electron chi connectivity index (χ0n) is 11.6. The van der Waals surface area contributed by atoms with Crippen molar-refractivity contribution < 1.29 is 8.42 Å². The van der Waals surface area contributed by atoms with Gasteiger partial charge in [-0.1, -0.05) is 6.92 Å². The van der Waals surface area contributed by atoms with E-state index in [1.807, 2.05) is 0 Å². The van der Waals surface area contributed by atoms with Gasteiger partial charge in [-0.05, 0) is 51.0 Å². The van der Waals surface area contributed by atoms with Crippen LogP contribution in [0.25, 0.3) is 0 Å². The van der Waals surface area contributed by atoms with Crippen molar-refractivity contribution in [2.24, 2.45) is 5.92 Å². The monoisotopic (exact) mass is 274 g/mol. The van der Waals surface area contributed by atoms with Gasteiger partial charge in [0.05, 0.1) is 6.26 Å². The molecule has 5 heteroatoms. The largest absolute Gasteiger partial charge is 0.311 e. The Kier molecular flexibility index (Phi) is 4.34. The molecule has 0 aromatic carbocycles. The van der Waals surface area contributed by atoms with Crippen molar-refractivity contribution in [2.45, 2.75) is 51.0 Å². The van der Waals surface area contributed by atoms with Crippen LogP contribution in [0.1, 0.15) is 45.4 Å². The van der Waals surface area contributed by atoms with E-state index in [2.05, 4.69) is 12.2 Å². The first-order valence-corrected chi connectivity index (χ1v) is 9.00. The Balaban J connectivity index is 1.83. The van der Waals surface area contributed by atoms with E-state index in [0.717, 1.165) is 19.4 Å². The highest BCUT2D eigenvalue weighted by Crippen LogP contribution is 2.35. The van der Waals surface area contributed by atoms with Crippen molar-refractivity contribution in [2.75, 3.05) is 25.9 Å². The van der Waals surface area contributed by atoms with Crippen LogP contribution in [0, 0.1) is 5.92 Å². The number of nitrogens with one attached hydrogen (secondary N) is 1. The molecular weight excluding hydrogens is 248 g/mol. The van der Waals surface area contributed by atoms with Gasteiger partial charge in [-0.25, -0.2) is 12.7 Å².